The third-order valence-corrected chi connectivity index (χ3v) is 3.50. The van der Waals surface area contributed by atoms with Gasteiger partial charge in [0.15, 0.2) is 5.82 Å². The molecular weight excluding hydrogens is 338 g/mol. The highest BCUT2D eigenvalue weighted by Crippen LogP contribution is 2.26. The lowest BCUT2D eigenvalue weighted by Crippen LogP contribution is -2.06. The smallest absolute Gasteiger partial charge is 0.229 e. The van der Waals surface area contributed by atoms with E-state index in [1.54, 1.807) is 12.1 Å². The molecule has 0 aliphatic rings. The molecule has 126 valence electrons. The van der Waals surface area contributed by atoms with Gasteiger partial charge in [-0.3, -0.25) is 4.79 Å². The van der Waals surface area contributed by atoms with E-state index in [-0.39, 0.29) is 5.91 Å². The molecule has 0 bridgehead atoms. The van der Waals surface area contributed by atoms with Gasteiger partial charge in [-0.05, 0) is 30.3 Å². The Labute approximate surface area is 150 Å². The molecule has 7 heteroatoms. The Bertz CT molecular complexity index is 886. The number of hydrogen-bond donors (Lipinski definition) is 3. The number of para-hydroxylation sites is 1. The summed E-state index contributed by atoms with van der Waals surface area (Å²) in [5.74, 6) is 0.762. The van der Waals surface area contributed by atoms with Gasteiger partial charge in [0.2, 0.25) is 11.9 Å². The van der Waals surface area contributed by atoms with E-state index >= 15 is 0 Å². The average molecular weight is 354 g/mol. The zero-order chi connectivity index (χ0) is 17.6. The number of carbonyl (C=O) groups excluding carboxylic acids is 1. The molecule has 0 aliphatic carbocycles. The third-order valence-electron chi connectivity index (χ3n) is 3.22. The fourth-order valence-corrected chi connectivity index (χ4v) is 2.32. The molecular formula is C18H16ClN5O. The number of anilines is 5. The molecule has 0 fully saturated rings. The van der Waals surface area contributed by atoms with Crippen molar-refractivity contribution in [2.75, 3.05) is 16.0 Å². The fourth-order valence-electron chi connectivity index (χ4n) is 2.18. The predicted octanol–water partition coefficient (Wildman–Crippen LogP) is 4.58. The highest BCUT2D eigenvalue weighted by Gasteiger charge is 2.07. The van der Waals surface area contributed by atoms with Crippen LogP contribution in [-0.4, -0.2) is 15.9 Å². The van der Waals surface area contributed by atoms with Crippen LogP contribution in [0.1, 0.15) is 6.92 Å². The standard InChI is InChI=1S/C18H16ClN5O/c1-12(25)21-14-8-5-9-15(10-14)22-17-16(19)11-20-18(24-17)23-13-6-3-2-4-7-13/h2-11H,1H3,(H,21,25)(H2,20,22,23,24). The first-order chi connectivity index (χ1) is 12.1. The number of rotatable bonds is 5. The molecule has 2 aromatic carbocycles. The maximum Gasteiger partial charge on any atom is 0.229 e. The number of benzene rings is 2. The second-order valence-electron chi connectivity index (χ2n) is 5.27. The number of amides is 1. The van der Waals surface area contributed by atoms with Gasteiger partial charge in [0.25, 0.3) is 0 Å². The quantitative estimate of drug-likeness (QED) is 0.626. The highest BCUT2D eigenvalue weighted by atomic mass is 35.5. The first-order valence-corrected chi connectivity index (χ1v) is 7.97. The number of hydrogen-bond acceptors (Lipinski definition) is 5. The van der Waals surface area contributed by atoms with Crippen LogP contribution in [0.2, 0.25) is 5.02 Å². The summed E-state index contributed by atoms with van der Waals surface area (Å²) in [6.07, 6.45) is 1.53. The number of nitrogens with one attached hydrogen (secondary N) is 3. The molecule has 3 aromatic rings. The van der Waals surface area contributed by atoms with Gasteiger partial charge in [-0.25, -0.2) is 4.98 Å². The molecule has 0 saturated carbocycles. The molecule has 3 rings (SSSR count). The minimum absolute atomic E-state index is 0.133. The van der Waals surface area contributed by atoms with Gasteiger partial charge in [0, 0.05) is 24.0 Å². The summed E-state index contributed by atoms with van der Waals surface area (Å²) < 4.78 is 0. The number of nitrogens with zero attached hydrogens (tertiary/aromatic N) is 2. The van der Waals surface area contributed by atoms with Crippen LogP contribution in [0.5, 0.6) is 0 Å². The van der Waals surface area contributed by atoms with Crippen molar-refractivity contribution in [2.24, 2.45) is 0 Å². The summed E-state index contributed by atoms with van der Waals surface area (Å²) in [5.41, 5.74) is 2.31. The molecule has 0 atom stereocenters. The van der Waals surface area contributed by atoms with E-state index in [0.29, 0.717) is 22.5 Å². The van der Waals surface area contributed by atoms with E-state index in [4.69, 9.17) is 11.6 Å². The molecule has 0 radical (unpaired) electrons. The predicted molar refractivity (Wildman–Crippen MR) is 101 cm³/mol. The largest absolute Gasteiger partial charge is 0.339 e. The normalized spacial score (nSPS) is 10.2. The molecule has 25 heavy (non-hydrogen) atoms. The van der Waals surface area contributed by atoms with Crippen molar-refractivity contribution < 1.29 is 4.79 Å². The number of halogens is 1. The van der Waals surface area contributed by atoms with E-state index in [1.165, 1.54) is 13.1 Å². The van der Waals surface area contributed by atoms with Gasteiger partial charge in [0.1, 0.15) is 5.02 Å². The van der Waals surface area contributed by atoms with E-state index < -0.39 is 0 Å². The Hall–Kier alpha value is -3.12. The topological polar surface area (TPSA) is 78.9 Å². The van der Waals surface area contributed by atoms with Crippen LogP contribution in [-0.2, 0) is 4.79 Å². The second-order valence-corrected chi connectivity index (χ2v) is 5.68. The second kappa shape index (κ2) is 7.63. The van der Waals surface area contributed by atoms with Crippen molar-refractivity contribution in [3.63, 3.8) is 0 Å². The van der Waals surface area contributed by atoms with Gasteiger partial charge in [-0.1, -0.05) is 35.9 Å². The minimum atomic E-state index is -0.133. The third kappa shape index (κ3) is 4.68. The Balaban J connectivity index is 1.80. The van der Waals surface area contributed by atoms with E-state index in [2.05, 4.69) is 25.9 Å². The van der Waals surface area contributed by atoms with Gasteiger partial charge in [-0.15, -0.1) is 0 Å². The van der Waals surface area contributed by atoms with Crippen LogP contribution < -0.4 is 16.0 Å². The molecule has 1 heterocycles. The lowest BCUT2D eigenvalue weighted by atomic mass is 10.2. The van der Waals surface area contributed by atoms with E-state index in [0.717, 1.165) is 11.4 Å². The van der Waals surface area contributed by atoms with Gasteiger partial charge >= 0.3 is 0 Å². The number of aromatic nitrogens is 2. The van der Waals surface area contributed by atoms with Crippen molar-refractivity contribution in [3.8, 4) is 0 Å². The van der Waals surface area contributed by atoms with Gasteiger partial charge in [-0.2, -0.15) is 4.98 Å². The van der Waals surface area contributed by atoms with Crippen LogP contribution in [0.15, 0.2) is 60.8 Å². The minimum Gasteiger partial charge on any atom is -0.339 e. The van der Waals surface area contributed by atoms with Crippen LogP contribution in [0.25, 0.3) is 0 Å². The zero-order valence-electron chi connectivity index (χ0n) is 13.5. The first-order valence-electron chi connectivity index (χ1n) is 7.59. The van der Waals surface area contributed by atoms with Gasteiger partial charge < -0.3 is 16.0 Å². The van der Waals surface area contributed by atoms with E-state index in [9.17, 15) is 4.79 Å². The summed E-state index contributed by atoms with van der Waals surface area (Å²) in [7, 11) is 0. The molecule has 3 N–H and O–H groups in total. The summed E-state index contributed by atoms with van der Waals surface area (Å²) >= 11 is 6.19. The summed E-state index contributed by atoms with van der Waals surface area (Å²) in [6.45, 7) is 1.46. The molecule has 1 aromatic heterocycles. The maximum atomic E-state index is 11.2. The van der Waals surface area contributed by atoms with Crippen LogP contribution >= 0.6 is 11.6 Å². The zero-order valence-corrected chi connectivity index (χ0v) is 14.2. The summed E-state index contributed by atoms with van der Waals surface area (Å²) in [4.78, 5) is 19.8. The SMILES string of the molecule is CC(=O)Nc1cccc(Nc2nc(Nc3ccccc3)ncc2Cl)c1. The Morgan fingerprint density at radius 2 is 1.68 bits per heavy atom. The molecule has 0 unspecified atom stereocenters. The fraction of sp³-hybridized carbons (Fsp3) is 0.0556. The van der Waals surface area contributed by atoms with Crippen molar-refractivity contribution in [2.45, 2.75) is 6.92 Å². The lowest BCUT2D eigenvalue weighted by molar-refractivity contribution is -0.114. The molecule has 6 nitrogen and oxygen atoms in total. The summed E-state index contributed by atoms with van der Waals surface area (Å²) in [5, 5.41) is 9.38. The Morgan fingerprint density at radius 1 is 0.960 bits per heavy atom. The van der Waals surface area contributed by atoms with Gasteiger partial charge in [0.05, 0.1) is 6.20 Å². The van der Waals surface area contributed by atoms with Crippen molar-refractivity contribution in [3.05, 3.63) is 65.8 Å². The van der Waals surface area contributed by atoms with Crippen molar-refractivity contribution in [1.82, 2.24) is 9.97 Å². The van der Waals surface area contributed by atoms with Crippen LogP contribution in [0, 0.1) is 0 Å². The monoisotopic (exact) mass is 353 g/mol. The Kier molecular flexibility index (Phi) is 5.11. The van der Waals surface area contributed by atoms with Crippen molar-refractivity contribution in [1.29, 1.82) is 0 Å². The van der Waals surface area contributed by atoms with Crippen molar-refractivity contribution >= 4 is 46.3 Å². The molecule has 1 amide bonds. The molecule has 0 saturated heterocycles. The Morgan fingerprint density at radius 3 is 2.44 bits per heavy atom. The molecule has 0 spiro atoms. The number of carbonyl (C=O) groups is 1. The highest BCUT2D eigenvalue weighted by molar-refractivity contribution is 6.32. The molecule has 0 aliphatic heterocycles. The summed E-state index contributed by atoms with van der Waals surface area (Å²) in [6, 6.07) is 16.9. The van der Waals surface area contributed by atoms with E-state index in [1.807, 2.05) is 42.5 Å². The first kappa shape index (κ1) is 16.7. The van der Waals surface area contributed by atoms with Crippen LogP contribution in [0.4, 0.5) is 28.8 Å². The maximum absolute atomic E-state index is 11.2. The van der Waals surface area contributed by atoms with Crippen LogP contribution in [0.3, 0.4) is 0 Å². The average Bonchev–Trinajstić information content (AvgIpc) is 2.59. The lowest BCUT2D eigenvalue weighted by Gasteiger charge is -2.11.